The number of nitrogens with one attached hydrogen (secondary N) is 1. The molecule has 2 unspecified atom stereocenters. The van der Waals surface area contributed by atoms with Gasteiger partial charge in [-0.15, -0.1) is 0 Å². The van der Waals surface area contributed by atoms with E-state index in [0.717, 1.165) is 30.8 Å². The van der Waals surface area contributed by atoms with E-state index in [-0.39, 0.29) is 5.91 Å². The van der Waals surface area contributed by atoms with Gasteiger partial charge in [0.15, 0.2) is 0 Å². The van der Waals surface area contributed by atoms with Crippen LogP contribution in [0.4, 0.5) is 11.4 Å². The van der Waals surface area contributed by atoms with Crippen molar-refractivity contribution in [2.45, 2.75) is 44.7 Å². The van der Waals surface area contributed by atoms with Crippen LogP contribution in [0.2, 0.25) is 0 Å². The Balaban J connectivity index is 1.34. The Morgan fingerprint density at radius 2 is 1.76 bits per heavy atom. The Morgan fingerprint density at radius 1 is 1.03 bits per heavy atom. The van der Waals surface area contributed by atoms with Gasteiger partial charge in [-0.2, -0.15) is 0 Å². The summed E-state index contributed by atoms with van der Waals surface area (Å²) in [7, 11) is 2.23. The van der Waals surface area contributed by atoms with Crippen molar-refractivity contribution in [3.8, 4) is 5.75 Å². The highest BCUT2D eigenvalue weighted by atomic mass is 16.5. The first-order valence-corrected chi connectivity index (χ1v) is 10.8. The minimum absolute atomic E-state index is 0.100. The average molecular weight is 394 g/mol. The van der Waals surface area contributed by atoms with Crippen molar-refractivity contribution in [3.63, 3.8) is 0 Å². The second kappa shape index (κ2) is 8.87. The van der Waals surface area contributed by atoms with Gasteiger partial charge >= 0.3 is 0 Å². The highest BCUT2D eigenvalue weighted by molar-refractivity contribution is 6.04. The number of anilines is 2. The molecule has 2 saturated heterocycles. The van der Waals surface area contributed by atoms with E-state index in [1.807, 2.05) is 36.4 Å². The predicted molar refractivity (Wildman–Crippen MR) is 118 cm³/mol. The van der Waals surface area contributed by atoms with Gasteiger partial charge in [0.05, 0.1) is 6.61 Å². The molecule has 2 fully saturated rings. The summed E-state index contributed by atoms with van der Waals surface area (Å²) in [4.78, 5) is 17.6. The van der Waals surface area contributed by atoms with E-state index in [0.29, 0.717) is 24.3 Å². The summed E-state index contributed by atoms with van der Waals surface area (Å²) in [5, 5.41) is 2.99. The standard InChI is InChI=1S/C24H31N3O2/c1-3-4-17-29-21-11-5-18(6-12-21)24(28)25-19-7-9-20(10-8-19)27-16-14-22-23(27)13-15-26(22)2/h5-12,22-23H,3-4,13-17H2,1-2H3,(H,25,28). The molecule has 2 aliphatic rings. The van der Waals surface area contributed by atoms with Crippen molar-refractivity contribution in [1.29, 1.82) is 0 Å². The van der Waals surface area contributed by atoms with E-state index in [2.05, 4.69) is 41.2 Å². The normalized spacial score (nSPS) is 21.2. The summed E-state index contributed by atoms with van der Waals surface area (Å²) in [6.07, 6.45) is 4.61. The number of hydrogen-bond acceptors (Lipinski definition) is 4. The van der Waals surface area contributed by atoms with Crippen LogP contribution in [0.5, 0.6) is 5.75 Å². The molecular weight excluding hydrogens is 362 g/mol. The van der Waals surface area contributed by atoms with E-state index in [9.17, 15) is 4.79 Å². The van der Waals surface area contributed by atoms with Gasteiger partial charge in [0.2, 0.25) is 0 Å². The maximum atomic E-state index is 12.5. The third-order valence-corrected chi connectivity index (χ3v) is 6.19. The number of ether oxygens (including phenoxy) is 1. The smallest absolute Gasteiger partial charge is 0.255 e. The average Bonchev–Trinajstić information content (AvgIpc) is 3.32. The number of benzene rings is 2. The molecule has 0 aliphatic carbocycles. The molecular formula is C24H31N3O2. The van der Waals surface area contributed by atoms with E-state index in [1.165, 1.54) is 25.1 Å². The molecule has 0 radical (unpaired) electrons. The first kappa shape index (κ1) is 19.8. The Morgan fingerprint density at radius 3 is 2.48 bits per heavy atom. The summed E-state index contributed by atoms with van der Waals surface area (Å²) >= 11 is 0. The fourth-order valence-corrected chi connectivity index (χ4v) is 4.50. The monoisotopic (exact) mass is 393 g/mol. The van der Waals surface area contributed by atoms with Crippen LogP contribution in [0.1, 0.15) is 43.0 Å². The van der Waals surface area contributed by atoms with Crippen molar-refractivity contribution in [2.75, 3.05) is 37.0 Å². The number of likely N-dealkylation sites (N-methyl/N-ethyl adjacent to an activating group) is 1. The third-order valence-electron chi connectivity index (χ3n) is 6.19. The zero-order valence-corrected chi connectivity index (χ0v) is 17.4. The van der Waals surface area contributed by atoms with Crippen molar-refractivity contribution in [2.24, 2.45) is 0 Å². The second-order valence-electron chi connectivity index (χ2n) is 8.11. The van der Waals surface area contributed by atoms with E-state index in [4.69, 9.17) is 4.74 Å². The SMILES string of the molecule is CCCCOc1ccc(C(=O)Nc2ccc(N3CCC4C3CCN4C)cc2)cc1. The van der Waals surface area contributed by atoms with Crippen LogP contribution in [-0.2, 0) is 0 Å². The molecule has 1 amide bonds. The van der Waals surface area contributed by atoms with Crippen LogP contribution in [0, 0.1) is 0 Å². The van der Waals surface area contributed by atoms with E-state index in [1.54, 1.807) is 0 Å². The lowest BCUT2D eigenvalue weighted by Gasteiger charge is -2.26. The molecule has 0 bridgehead atoms. The van der Waals surface area contributed by atoms with Crippen LogP contribution in [0.3, 0.4) is 0 Å². The topological polar surface area (TPSA) is 44.8 Å². The first-order valence-electron chi connectivity index (χ1n) is 10.8. The van der Waals surface area contributed by atoms with Gasteiger partial charge in [-0.1, -0.05) is 13.3 Å². The maximum Gasteiger partial charge on any atom is 0.255 e. The molecule has 0 spiro atoms. The Bertz CT molecular complexity index is 819. The van der Waals surface area contributed by atoms with Crippen LogP contribution in [0.25, 0.3) is 0 Å². The lowest BCUT2D eigenvalue weighted by atomic mass is 10.1. The van der Waals surface area contributed by atoms with Gasteiger partial charge in [0, 0.05) is 42.1 Å². The van der Waals surface area contributed by atoms with Gasteiger partial charge in [-0.05, 0) is 74.8 Å². The van der Waals surface area contributed by atoms with Crippen molar-refractivity contribution in [3.05, 3.63) is 54.1 Å². The fraction of sp³-hybridized carbons (Fsp3) is 0.458. The Hall–Kier alpha value is -2.53. The van der Waals surface area contributed by atoms with Crippen molar-refractivity contribution in [1.82, 2.24) is 4.90 Å². The summed E-state index contributed by atoms with van der Waals surface area (Å²) < 4.78 is 5.66. The number of nitrogens with zero attached hydrogens (tertiary/aromatic N) is 2. The highest BCUT2D eigenvalue weighted by Crippen LogP contribution is 2.34. The maximum absolute atomic E-state index is 12.5. The van der Waals surface area contributed by atoms with Gasteiger partial charge in [0.25, 0.3) is 5.91 Å². The quantitative estimate of drug-likeness (QED) is 0.708. The van der Waals surface area contributed by atoms with Gasteiger partial charge in [-0.3, -0.25) is 4.79 Å². The number of unbranched alkanes of at least 4 members (excludes halogenated alkanes) is 1. The third kappa shape index (κ3) is 4.40. The second-order valence-corrected chi connectivity index (χ2v) is 8.11. The number of likely N-dealkylation sites (tertiary alicyclic amines) is 1. The first-order chi connectivity index (χ1) is 14.2. The number of rotatable bonds is 7. The molecule has 2 aliphatic heterocycles. The molecule has 1 N–H and O–H groups in total. The van der Waals surface area contributed by atoms with Crippen molar-refractivity contribution >= 4 is 17.3 Å². The lowest BCUT2D eigenvalue weighted by molar-refractivity contribution is 0.102. The summed E-state index contributed by atoms with van der Waals surface area (Å²) in [5.74, 6) is 0.706. The summed E-state index contributed by atoms with van der Waals surface area (Å²) in [5.41, 5.74) is 2.70. The van der Waals surface area contributed by atoms with Crippen LogP contribution >= 0.6 is 0 Å². The summed E-state index contributed by atoms with van der Waals surface area (Å²) in [6.45, 7) is 5.14. The molecule has 5 heteroatoms. The van der Waals surface area contributed by atoms with E-state index >= 15 is 0 Å². The predicted octanol–water partition coefficient (Wildman–Crippen LogP) is 4.40. The molecule has 154 valence electrons. The molecule has 2 atom stereocenters. The number of amides is 1. The van der Waals surface area contributed by atoms with Gasteiger partial charge in [0.1, 0.15) is 5.75 Å². The minimum atomic E-state index is -0.100. The van der Waals surface area contributed by atoms with Gasteiger partial charge < -0.3 is 19.9 Å². The molecule has 0 saturated carbocycles. The fourth-order valence-electron chi connectivity index (χ4n) is 4.50. The molecule has 2 heterocycles. The summed E-state index contributed by atoms with van der Waals surface area (Å²) in [6, 6.07) is 16.9. The Kier molecular flexibility index (Phi) is 6.05. The van der Waals surface area contributed by atoms with Crippen LogP contribution < -0.4 is 15.0 Å². The number of hydrogen-bond donors (Lipinski definition) is 1. The van der Waals surface area contributed by atoms with Crippen LogP contribution in [0.15, 0.2) is 48.5 Å². The number of fused-ring (bicyclic) bond motifs is 1. The number of carbonyl (C=O) groups excluding carboxylic acids is 1. The zero-order valence-electron chi connectivity index (χ0n) is 17.4. The molecule has 0 aromatic heterocycles. The van der Waals surface area contributed by atoms with E-state index < -0.39 is 0 Å². The van der Waals surface area contributed by atoms with Crippen molar-refractivity contribution < 1.29 is 9.53 Å². The molecule has 2 aromatic rings. The molecule has 5 nitrogen and oxygen atoms in total. The molecule has 2 aromatic carbocycles. The highest BCUT2D eigenvalue weighted by Gasteiger charge is 2.40. The van der Waals surface area contributed by atoms with Crippen LogP contribution in [-0.4, -0.2) is 49.6 Å². The molecule has 4 rings (SSSR count). The van der Waals surface area contributed by atoms with Gasteiger partial charge in [-0.25, -0.2) is 0 Å². The minimum Gasteiger partial charge on any atom is -0.494 e. The number of carbonyl (C=O) groups is 1. The molecule has 29 heavy (non-hydrogen) atoms. The lowest BCUT2D eigenvalue weighted by Crippen LogP contribution is -2.34. The largest absolute Gasteiger partial charge is 0.494 e. The Labute approximate surface area is 173 Å². The zero-order chi connectivity index (χ0) is 20.2.